The number of phenols is 1. The molecule has 5 N–H and O–H groups in total. The molecule has 7 nitrogen and oxygen atoms in total. The van der Waals surface area contributed by atoms with Crippen molar-refractivity contribution in [3.63, 3.8) is 0 Å². The second-order valence-corrected chi connectivity index (χ2v) is 5.18. The van der Waals surface area contributed by atoms with Gasteiger partial charge in [-0.2, -0.15) is 0 Å². The molecule has 1 amide bonds. The summed E-state index contributed by atoms with van der Waals surface area (Å²) in [7, 11) is 0. The van der Waals surface area contributed by atoms with Gasteiger partial charge in [-0.15, -0.1) is 0 Å². The van der Waals surface area contributed by atoms with Gasteiger partial charge in [-0.25, -0.2) is 9.97 Å². The molecular weight excluding hydrogens is 306 g/mol. The van der Waals surface area contributed by atoms with Gasteiger partial charge in [0, 0.05) is 6.07 Å². The number of benzene rings is 1. The van der Waals surface area contributed by atoms with Gasteiger partial charge in [0.05, 0.1) is 11.9 Å². The van der Waals surface area contributed by atoms with Gasteiger partial charge in [-0.05, 0) is 18.6 Å². The molecule has 0 aliphatic rings. The molecule has 0 aliphatic heterocycles. The van der Waals surface area contributed by atoms with Crippen LogP contribution in [0, 0.1) is 6.92 Å². The van der Waals surface area contributed by atoms with Crippen LogP contribution in [0.3, 0.4) is 0 Å². The molecule has 0 unspecified atom stereocenters. The van der Waals surface area contributed by atoms with Crippen LogP contribution in [-0.2, 0) is 0 Å². The van der Waals surface area contributed by atoms with Crippen LogP contribution in [0.15, 0.2) is 24.4 Å². The van der Waals surface area contributed by atoms with Crippen LogP contribution in [0.4, 0.5) is 5.82 Å². The number of nitrogens with zero attached hydrogens (tertiary/aromatic N) is 3. The number of hydrogen-bond acceptors (Lipinski definition) is 5. The summed E-state index contributed by atoms with van der Waals surface area (Å²) in [6, 6.07) is 4.80. The number of primary amides is 1. The SMILES string of the molecule is Cc1ccc(O)cc1-n1c(N)c(C(N)=O)c2nc(Cl)cnc21. The Morgan fingerprint density at radius 3 is 2.82 bits per heavy atom. The molecule has 112 valence electrons. The highest BCUT2D eigenvalue weighted by molar-refractivity contribution is 6.29. The van der Waals surface area contributed by atoms with Crippen molar-refractivity contribution in [3.05, 3.63) is 40.7 Å². The van der Waals surface area contributed by atoms with Gasteiger partial charge in [0.15, 0.2) is 5.65 Å². The van der Waals surface area contributed by atoms with E-state index in [4.69, 9.17) is 23.1 Å². The van der Waals surface area contributed by atoms with Crippen molar-refractivity contribution in [2.24, 2.45) is 5.73 Å². The number of amides is 1. The number of nitrogen functional groups attached to an aromatic ring is 1. The van der Waals surface area contributed by atoms with Crippen molar-refractivity contribution < 1.29 is 9.90 Å². The highest BCUT2D eigenvalue weighted by atomic mass is 35.5. The molecule has 3 rings (SSSR count). The van der Waals surface area contributed by atoms with Crippen LogP contribution in [0.25, 0.3) is 16.9 Å². The number of halogens is 1. The van der Waals surface area contributed by atoms with Crippen LogP contribution in [0.5, 0.6) is 5.75 Å². The Kier molecular flexibility index (Phi) is 3.14. The smallest absolute Gasteiger partial charge is 0.254 e. The number of aromatic nitrogens is 3. The van der Waals surface area contributed by atoms with Crippen LogP contribution in [-0.4, -0.2) is 25.5 Å². The van der Waals surface area contributed by atoms with E-state index in [9.17, 15) is 9.90 Å². The number of aromatic hydroxyl groups is 1. The number of fused-ring (bicyclic) bond motifs is 1. The molecule has 0 fully saturated rings. The number of rotatable bonds is 2. The van der Waals surface area contributed by atoms with Gasteiger partial charge < -0.3 is 16.6 Å². The zero-order chi connectivity index (χ0) is 16.0. The molecule has 3 aromatic rings. The quantitative estimate of drug-likeness (QED) is 0.665. The van der Waals surface area contributed by atoms with Crippen LogP contribution < -0.4 is 11.5 Å². The average Bonchev–Trinajstić information content (AvgIpc) is 2.73. The van der Waals surface area contributed by atoms with E-state index in [2.05, 4.69) is 9.97 Å². The minimum atomic E-state index is -0.726. The van der Waals surface area contributed by atoms with Crippen LogP contribution in [0.2, 0.25) is 5.15 Å². The zero-order valence-electron chi connectivity index (χ0n) is 11.5. The van der Waals surface area contributed by atoms with E-state index in [0.29, 0.717) is 11.3 Å². The number of aryl methyl sites for hydroxylation is 1. The first-order valence-corrected chi connectivity index (χ1v) is 6.70. The third-order valence-electron chi connectivity index (χ3n) is 3.35. The number of hydrogen-bond donors (Lipinski definition) is 3. The molecule has 22 heavy (non-hydrogen) atoms. The number of phenolic OH excluding ortho intramolecular Hbond substituents is 1. The Morgan fingerprint density at radius 1 is 1.41 bits per heavy atom. The summed E-state index contributed by atoms with van der Waals surface area (Å²) in [6.07, 6.45) is 1.35. The molecule has 1 aromatic carbocycles. The van der Waals surface area contributed by atoms with E-state index in [-0.39, 0.29) is 27.8 Å². The first-order chi connectivity index (χ1) is 10.4. The molecule has 2 heterocycles. The van der Waals surface area contributed by atoms with Crippen molar-refractivity contribution in [2.75, 3.05) is 5.73 Å². The lowest BCUT2D eigenvalue weighted by atomic mass is 10.2. The normalized spacial score (nSPS) is 11.0. The largest absolute Gasteiger partial charge is 0.508 e. The average molecular weight is 318 g/mol. The Balaban J connectivity index is 2.47. The Hall–Kier alpha value is -2.80. The van der Waals surface area contributed by atoms with E-state index >= 15 is 0 Å². The Morgan fingerprint density at radius 2 is 2.14 bits per heavy atom. The molecule has 0 aliphatic carbocycles. The lowest BCUT2D eigenvalue weighted by Crippen LogP contribution is -2.14. The summed E-state index contributed by atoms with van der Waals surface area (Å²) >= 11 is 5.84. The third kappa shape index (κ3) is 2.03. The number of carbonyl (C=O) groups is 1. The number of anilines is 1. The van der Waals surface area contributed by atoms with Crippen molar-refractivity contribution in [1.82, 2.24) is 14.5 Å². The second-order valence-electron chi connectivity index (χ2n) is 4.80. The van der Waals surface area contributed by atoms with E-state index in [0.717, 1.165) is 5.56 Å². The van der Waals surface area contributed by atoms with Crippen molar-refractivity contribution in [3.8, 4) is 11.4 Å². The number of carbonyl (C=O) groups excluding carboxylic acids is 1. The molecule has 0 radical (unpaired) electrons. The van der Waals surface area contributed by atoms with Gasteiger partial charge in [0.1, 0.15) is 27.8 Å². The molecule has 8 heteroatoms. The first-order valence-electron chi connectivity index (χ1n) is 6.32. The van der Waals surface area contributed by atoms with Gasteiger partial charge in [0.25, 0.3) is 5.91 Å². The molecule has 2 aromatic heterocycles. The molecule has 0 bridgehead atoms. The van der Waals surface area contributed by atoms with Crippen LogP contribution >= 0.6 is 11.6 Å². The Labute approximate surface area is 130 Å². The fourth-order valence-corrected chi connectivity index (χ4v) is 2.50. The van der Waals surface area contributed by atoms with E-state index in [1.54, 1.807) is 12.1 Å². The molecule has 0 spiro atoms. The molecular formula is C14H12ClN5O2. The lowest BCUT2D eigenvalue weighted by molar-refractivity contribution is 0.100. The van der Waals surface area contributed by atoms with E-state index in [1.807, 2.05) is 6.92 Å². The second kappa shape index (κ2) is 4.88. The highest BCUT2D eigenvalue weighted by Crippen LogP contribution is 2.32. The molecule has 0 atom stereocenters. The maximum atomic E-state index is 11.7. The molecule has 0 saturated heterocycles. The lowest BCUT2D eigenvalue weighted by Gasteiger charge is -2.11. The monoisotopic (exact) mass is 317 g/mol. The summed E-state index contributed by atoms with van der Waals surface area (Å²) in [5.74, 6) is -0.571. The molecule has 0 saturated carbocycles. The summed E-state index contributed by atoms with van der Waals surface area (Å²) in [4.78, 5) is 20.0. The van der Waals surface area contributed by atoms with Crippen molar-refractivity contribution >= 4 is 34.5 Å². The maximum Gasteiger partial charge on any atom is 0.254 e. The standard InChI is InChI=1S/C14H12ClN5O2/c1-6-2-3-7(21)4-8(6)20-12(16)10(13(17)22)11-14(20)18-5-9(15)19-11/h2-5,21H,16H2,1H3,(H2,17,22). The summed E-state index contributed by atoms with van der Waals surface area (Å²) < 4.78 is 1.52. The van der Waals surface area contributed by atoms with E-state index in [1.165, 1.54) is 16.8 Å². The van der Waals surface area contributed by atoms with E-state index < -0.39 is 5.91 Å². The minimum Gasteiger partial charge on any atom is -0.508 e. The van der Waals surface area contributed by atoms with Gasteiger partial charge >= 0.3 is 0 Å². The van der Waals surface area contributed by atoms with Crippen molar-refractivity contribution in [1.29, 1.82) is 0 Å². The summed E-state index contributed by atoms with van der Waals surface area (Å²) in [5, 5.41) is 9.84. The minimum absolute atomic E-state index is 0.0488. The third-order valence-corrected chi connectivity index (χ3v) is 3.53. The summed E-state index contributed by atoms with van der Waals surface area (Å²) in [5.41, 5.74) is 13.5. The van der Waals surface area contributed by atoms with Gasteiger partial charge in [-0.1, -0.05) is 17.7 Å². The number of nitrogens with two attached hydrogens (primary N) is 2. The summed E-state index contributed by atoms with van der Waals surface area (Å²) in [6.45, 7) is 1.84. The van der Waals surface area contributed by atoms with Gasteiger partial charge in [0.2, 0.25) is 0 Å². The highest BCUT2D eigenvalue weighted by Gasteiger charge is 2.23. The fourth-order valence-electron chi connectivity index (χ4n) is 2.37. The predicted octanol–water partition coefficient (Wildman–Crippen LogP) is 1.77. The van der Waals surface area contributed by atoms with Crippen LogP contribution in [0.1, 0.15) is 15.9 Å². The van der Waals surface area contributed by atoms with Gasteiger partial charge in [-0.3, -0.25) is 9.36 Å². The predicted molar refractivity (Wildman–Crippen MR) is 83.2 cm³/mol. The Bertz CT molecular complexity index is 919. The first kappa shape index (κ1) is 14.2. The maximum absolute atomic E-state index is 11.7. The van der Waals surface area contributed by atoms with Crippen molar-refractivity contribution in [2.45, 2.75) is 6.92 Å². The topological polar surface area (TPSA) is 120 Å². The zero-order valence-corrected chi connectivity index (χ0v) is 12.3. The fraction of sp³-hybridized carbons (Fsp3) is 0.0714.